The molecule has 142 valence electrons. The number of thiophene rings is 1. The van der Waals surface area contributed by atoms with Crippen molar-refractivity contribution in [3.05, 3.63) is 56.7 Å². The summed E-state index contributed by atoms with van der Waals surface area (Å²) in [7, 11) is 0. The number of aromatic nitrogens is 4. The van der Waals surface area contributed by atoms with Crippen molar-refractivity contribution in [2.24, 2.45) is 0 Å². The number of imidazole rings is 1. The Kier molecular flexibility index (Phi) is 3.83. The lowest BCUT2D eigenvalue weighted by molar-refractivity contribution is 0.0942. The van der Waals surface area contributed by atoms with Gasteiger partial charge in [-0.25, -0.2) is 9.97 Å². The summed E-state index contributed by atoms with van der Waals surface area (Å²) in [5.74, 6) is 1.31. The zero-order valence-corrected chi connectivity index (χ0v) is 16.4. The van der Waals surface area contributed by atoms with Gasteiger partial charge in [0, 0.05) is 13.0 Å². The first-order valence-electron chi connectivity index (χ1n) is 9.31. The lowest BCUT2D eigenvalue weighted by Gasteiger charge is -2.10. The van der Waals surface area contributed by atoms with Gasteiger partial charge >= 0.3 is 0 Å². The number of para-hydroxylation sites is 2. The maximum absolute atomic E-state index is 12.9. The minimum atomic E-state index is -0.288. The van der Waals surface area contributed by atoms with Gasteiger partial charge in [0.15, 0.2) is 0 Å². The predicted octanol–water partition coefficient (Wildman–Crippen LogP) is 3.08. The molecule has 1 aromatic carbocycles. The van der Waals surface area contributed by atoms with E-state index in [1.54, 1.807) is 4.57 Å². The molecule has 7 nitrogen and oxygen atoms in total. The van der Waals surface area contributed by atoms with E-state index >= 15 is 0 Å². The van der Waals surface area contributed by atoms with Crippen LogP contribution in [0.2, 0.25) is 0 Å². The second-order valence-electron chi connectivity index (χ2n) is 7.16. The molecule has 1 aliphatic heterocycles. The summed E-state index contributed by atoms with van der Waals surface area (Å²) in [4.78, 5) is 39.3. The second kappa shape index (κ2) is 6.27. The zero-order valence-electron chi connectivity index (χ0n) is 15.6. The Morgan fingerprint density at radius 1 is 1.32 bits per heavy atom. The van der Waals surface area contributed by atoms with Gasteiger partial charge in [-0.1, -0.05) is 12.1 Å². The average molecular weight is 393 g/mol. The number of fused-ring (bicyclic) bond motifs is 3. The van der Waals surface area contributed by atoms with Gasteiger partial charge in [-0.3, -0.25) is 14.2 Å². The molecule has 0 bridgehead atoms. The van der Waals surface area contributed by atoms with Crippen LogP contribution in [-0.4, -0.2) is 25.4 Å². The van der Waals surface area contributed by atoms with Gasteiger partial charge in [-0.2, -0.15) is 0 Å². The molecule has 1 aliphatic rings. The summed E-state index contributed by atoms with van der Waals surface area (Å²) in [6, 6.07) is 7.47. The third-order valence-electron chi connectivity index (χ3n) is 5.28. The minimum absolute atomic E-state index is 0.0318. The van der Waals surface area contributed by atoms with Crippen molar-refractivity contribution in [2.75, 3.05) is 0 Å². The van der Waals surface area contributed by atoms with E-state index in [-0.39, 0.29) is 17.5 Å². The number of nitrogens with zero attached hydrogens (tertiary/aromatic N) is 3. The number of amides is 1. The maximum atomic E-state index is 12.9. The summed E-state index contributed by atoms with van der Waals surface area (Å²) in [5.41, 5.74) is 2.47. The number of rotatable bonds is 3. The molecule has 2 N–H and O–H groups in total. The topological polar surface area (TPSA) is 92.7 Å². The fraction of sp³-hybridized carbons (Fsp3) is 0.300. The van der Waals surface area contributed by atoms with Gasteiger partial charge < -0.3 is 10.3 Å². The van der Waals surface area contributed by atoms with Crippen LogP contribution in [0, 0.1) is 6.92 Å². The molecule has 0 radical (unpaired) electrons. The van der Waals surface area contributed by atoms with Crippen LogP contribution in [-0.2, 0) is 13.0 Å². The van der Waals surface area contributed by atoms with Crippen molar-refractivity contribution in [1.29, 1.82) is 0 Å². The van der Waals surface area contributed by atoms with Crippen LogP contribution in [0.4, 0.5) is 0 Å². The fourth-order valence-electron chi connectivity index (χ4n) is 3.80. The molecule has 0 spiro atoms. The highest BCUT2D eigenvalue weighted by atomic mass is 32.1. The van der Waals surface area contributed by atoms with Gasteiger partial charge in [0.05, 0.1) is 27.3 Å². The van der Waals surface area contributed by atoms with E-state index < -0.39 is 0 Å². The molecule has 4 aromatic rings. The summed E-state index contributed by atoms with van der Waals surface area (Å²) in [6.07, 6.45) is 1.76. The van der Waals surface area contributed by atoms with E-state index in [1.165, 1.54) is 11.3 Å². The molecule has 3 aromatic heterocycles. The first-order valence-corrected chi connectivity index (χ1v) is 10.1. The third-order valence-corrected chi connectivity index (χ3v) is 6.47. The van der Waals surface area contributed by atoms with E-state index in [1.807, 2.05) is 38.1 Å². The maximum Gasteiger partial charge on any atom is 0.262 e. The van der Waals surface area contributed by atoms with Crippen molar-refractivity contribution in [1.82, 2.24) is 24.8 Å². The van der Waals surface area contributed by atoms with E-state index in [0.29, 0.717) is 33.0 Å². The molecule has 0 saturated heterocycles. The standard InChI is InChI=1S/C20H19N5O2S/c1-10-15-19(24-14-8-5-9-25(14)20(15)27)28-16(10)18(26)21-11(2)17-22-12-6-3-4-7-13(12)23-17/h3-4,6-7,11H,5,8-9H2,1-2H3,(H,21,26)(H,22,23). The van der Waals surface area contributed by atoms with Gasteiger partial charge in [0.25, 0.3) is 11.5 Å². The number of carbonyl (C=O) groups is 1. The van der Waals surface area contributed by atoms with Crippen molar-refractivity contribution in [2.45, 2.75) is 39.3 Å². The summed E-state index contributed by atoms with van der Waals surface area (Å²) in [5, 5.41) is 3.56. The highest BCUT2D eigenvalue weighted by molar-refractivity contribution is 7.20. The Morgan fingerprint density at radius 2 is 2.14 bits per heavy atom. The van der Waals surface area contributed by atoms with Crippen LogP contribution in [0.3, 0.4) is 0 Å². The zero-order chi connectivity index (χ0) is 19.4. The molecular formula is C20H19N5O2S. The molecule has 8 heteroatoms. The van der Waals surface area contributed by atoms with Crippen LogP contribution in [0.1, 0.15) is 46.3 Å². The Hall–Kier alpha value is -3.00. The first kappa shape index (κ1) is 17.1. The van der Waals surface area contributed by atoms with Gasteiger partial charge in [0.2, 0.25) is 0 Å². The molecule has 0 fully saturated rings. The smallest absolute Gasteiger partial charge is 0.262 e. The van der Waals surface area contributed by atoms with E-state index in [2.05, 4.69) is 20.3 Å². The van der Waals surface area contributed by atoms with Crippen molar-refractivity contribution in [3.63, 3.8) is 0 Å². The Balaban J connectivity index is 1.48. The van der Waals surface area contributed by atoms with Gasteiger partial charge in [-0.05, 0) is 38.0 Å². The first-order chi connectivity index (χ1) is 13.5. The number of aromatic amines is 1. The molecule has 28 heavy (non-hydrogen) atoms. The molecular weight excluding hydrogens is 374 g/mol. The molecule has 0 aliphatic carbocycles. The molecule has 5 rings (SSSR count). The van der Waals surface area contributed by atoms with Crippen molar-refractivity contribution in [3.8, 4) is 0 Å². The molecule has 1 unspecified atom stereocenters. The largest absolute Gasteiger partial charge is 0.342 e. The minimum Gasteiger partial charge on any atom is -0.342 e. The number of hydrogen-bond donors (Lipinski definition) is 2. The van der Waals surface area contributed by atoms with Gasteiger partial charge in [0.1, 0.15) is 16.5 Å². The normalized spacial score (nSPS) is 14.5. The highest BCUT2D eigenvalue weighted by Crippen LogP contribution is 2.29. The number of H-pyrrole nitrogens is 1. The second-order valence-corrected chi connectivity index (χ2v) is 8.16. The Morgan fingerprint density at radius 3 is 2.96 bits per heavy atom. The lowest BCUT2D eigenvalue weighted by Crippen LogP contribution is -2.27. The Labute approximate surface area is 164 Å². The molecule has 0 saturated carbocycles. The quantitative estimate of drug-likeness (QED) is 0.559. The average Bonchev–Trinajstić information content (AvgIpc) is 3.38. The van der Waals surface area contributed by atoms with E-state index in [0.717, 1.165) is 29.7 Å². The van der Waals surface area contributed by atoms with Crippen LogP contribution in [0.5, 0.6) is 0 Å². The highest BCUT2D eigenvalue weighted by Gasteiger charge is 2.24. The summed E-state index contributed by atoms with van der Waals surface area (Å²) >= 11 is 1.29. The van der Waals surface area contributed by atoms with E-state index in [4.69, 9.17) is 0 Å². The number of nitrogens with one attached hydrogen (secondary N) is 2. The third kappa shape index (κ3) is 2.56. The van der Waals surface area contributed by atoms with Gasteiger partial charge in [-0.15, -0.1) is 11.3 Å². The fourth-order valence-corrected chi connectivity index (χ4v) is 4.89. The SMILES string of the molecule is Cc1c(C(=O)NC(C)c2nc3ccccc3[nH]2)sc2nc3n(c(=O)c12)CCC3. The monoisotopic (exact) mass is 393 g/mol. The number of hydrogen-bond acceptors (Lipinski definition) is 5. The van der Waals surface area contributed by atoms with Crippen LogP contribution in [0.25, 0.3) is 21.3 Å². The predicted molar refractivity (Wildman–Crippen MR) is 109 cm³/mol. The van der Waals surface area contributed by atoms with Crippen LogP contribution < -0.4 is 10.9 Å². The molecule has 1 atom stereocenters. The summed E-state index contributed by atoms with van der Waals surface area (Å²) < 4.78 is 1.74. The number of benzene rings is 1. The lowest BCUT2D eigenvalue weighted by atomic mass is 10.2. The number of aryl methyl sites for hydroxylation is 2. The Bertz CT molecular complexity index is 1270. The van der Waals surface area contributed by atoms with Crippen LogP contribution in [0.15, 0.2) is 29.1 Å². The van der Waals surface area contributed by atoms with Crippen LogP contribution >= 0.6 is 11.3 Å². The van der Waals surface area contributed by atoms with E-state index in [9.17, 15) is 9.59 Å². The summed E-state index contributed by atoms with van der Waals surface area (Å²) in [6.45, 7) is 4.42. The molecule has 1 amide bonds. The number of carbonyl (C=O) groups excluding carboxylic acids is 1. The molecule has 4 heterocycles. The van der Waals surface area contributed by atoms with Crippen molar-refractivity contribution >= 4 is 38.5 Å². The van der Waals surface area contributed by atoms with Crippen molar-refractivity contribution < 1.29 is 4.79 Å².